The van der Waals surface area contributed by atoms with Gasteiger partial charge >= 0.3 is 5.97 Å². The van der Waals surface area contributed by atoms with E-state index in [0.29, 0.717) is 23.0 Å². The van der Waals surface area contributed by atoms with E-state index < -0.39 is 5.54 Å². The lowest BCUT2D eigenvalue weighted by Gasteiger charge is -2.30. The minimum atomic E-state index is -0.584. The van der Waals surface area contributed by atoms with Crippen LogP contribution in [0.25, 0.3) is 0 Å². The van der Waals surface area contributed by atoms with Crippen LogP contribution in [-0.2, 0) is 9.53 Å². The molecule has 0 rings (SSSR count). The molecule has 0 aliphatic rings. The van der Waals surface area contributed by atoms with E-state index in [1.54, 1.807) is 0 Å². The SMILES string of the molecule is CCOC(=O)C(C)(CC(C)SC(C)C(C)C)NC. The van der Waals surface area contributed by atoms with Gasteiger partial charge < -0.3 is 10.1 Å². The largest absolute Gasteiger partial charge is 0.465 e. The van der Waals surface area contributed by atoms with Crippen LogP contribution in [-0.4, -0.2) is 35.7 Å². The third-order valence-corrected chi connectivity index (χ3v) is 4.96. The van der Waals surface area contributed by atoms with E-state index in [1.807, 2.05) is 32.7 Å². The lowest BCUT2D eigenvalue weighted by atomic mass is 9.96. The Hall–Kier alpha value is -0.220. The fourth-order valence-electron chi connectivity index (χ4n) is 1.72. The first kappa shape index (κ1) is 17.8. The number of hydrogen-bond donors (Lipinski definition) is 1. The van der Waals surface area contributed by atoms with E-state index in [2.05, 4.69) is 33.0 Å². The number of esters is 1. The van der Waals surface area contributed by atoms with Crippen LogP contribution in [0.5, 0.6) is 0 Å². The predicted octanol–water partition coefficient (Wildman–Crippen LogP) is 3.08. The van der Waals surface area contributed by atoms with Crippen LogP contribution in [0.3, 0.4) is 0 Å². The summed E-state index contributed by atoms with van der Waals surface area (Å²) in [6.07, 6.45) is 0.782. The van der Waals surface area contributed by atoms with Crippen LogP contribution in [0.15, 0.2) is 0 Å². The molecule has 3 nitrogen and oxygen atoms in total. The molecule has 4 heteroatoms. The Kier molecular flexibility index (Phi) is 7.95. The number of carbonyl (C=O) groups excluding carboxylic acids is 1. The topological polar surface area (TPSA) is 38.3 Å². The Morgan fingerprint density at radius 2 is 1.89 bits per heavy atom. The van der Waals surface area contributed by atoms with Gasteiger partial charge in [0, 0.05) is 10.5 Å². The van der Waals surface area contributed by atoms with Crippen molar-refractivity contribution in [1.82, 2.24) is 5.32 Å². The number of likely N-dealkylation sites (N-methyl/N-ethyl adjacent to an activating group) is 1. The Bertz CT molecular complexity index is 258. The Labute approximate surface area is 116 Å². The van der Waals surface area contributed by atoms with Gasteiger partial charge in [0.15, 0.2) is 0 Å². The molecule has 108 valence electrons. The number of carbonyl (C=O) groups is 1. The van der Waals surface area contributed by atoms with E-state index in [0.717, 1.165) is 6.42 Å². The highest BCUT2D eigenvalue weighted by Gasteiger charge is 2.35. The van der Waals surface area contributed by atoms with Crippen LogP contribution < -0.4 is 5.32 Å². The van der Waals surface area contributed by atoms with Crippen LogP contribution in [0.4, 0.5) is 0 Å². The molecule has 0 heterocycles. The number of thioether (sulfide) groups is 1. The van der Waals surface area contributed by atoms with E-state index in [9.17, 15) is 4.79 Å². The molecule has 0 saturated carbocycles. The van der Waals surface area contributed by atoms with Crippen molar-refractivity contribution in [2.75, 3.05) is 13.7 Å². The summed E-state index contributed by atoms with van der Waals surface area (Å²) in [4.78, 5) is 12.0. The van der Waals surface area contributed by atoms with Gasteiger partial charge in [-0.15, -0.1) is 0 Å². The van der Waals surface area contributed by atoms with Crippen LogP contribution in [0.1, 0.15) is 48.0 Å². The summed E-state index contributed by atoms with van der Waals surface area (Å²) < 4.78 is 5.14. The minimum absolute atomic E-state index is 0.155. The number of nitrogens with one attached hydrogen (secondary N) is 1. The second-order valence-electron chi connectivity index (χ2n) is 5.40. The summed E-state index contributed by atoms with van der Waals surface area (Å²) in [6.45, 7) is 13.1. The predicted molar refractivity (Wildman–Crippen MR) is 80.1 cm³/mol. The molecule has 0 aliphatic heterocycles. The van der Waals surface area contributed by atoms with Crippen molar-refractivity contribution in [2.24, 2.45) is 5.92 Å². The maximum Gasteiger partial charge on any atom is 0.326 e. The van der Waals surface area contributed by atoms with E-state index in [1.165, 1.54) is 0 Å². The Balaban J connectivity index is 4.47. The van der Waals surface area contributed by atoms with E-state index in [4.69, 9.17) is 4.74 Å². The standard InChI is InChI=1S/C14H29NO2S/c1-8-17-13(16)14(6,15-7)9-11(4)18-12(5)10(2)3/h10-12,15H,8-9H2,1-7H3. The third-order valence-electron chi connectivity index (χ3n) is 3.36. The van der Waals surface area contributed by atoms with Crippen molar-refractivity contribution in [1.29, 1.82) is 0 Å². The molecule has 0 aromatic rings. The number of rotatable bonds is 8. The van der Waals surface area contributed by atoms with Crippen molar-refractivity contribution >= 4 is 17.7 Å². The Morgan fingerprint density at radius 3 is 2.28 bits per heavy atom. The van der Waals surface area contributed by atoms with Gasteiger partial charge in [-0.2, -0.15) is 11.8 Å². The summed E-state index contributed by atoms with van der Waals surface area (Å²) in [5.74, 6) is 0.498. The summed E-state index contributed by atoms with van der Waals surface area (Å²) in [6, 6.07) is 0. The molecular weight excluding hydrogens is 246 g/mol. The maximum atomic E-state index is 12.0. The van der Waals surface area contributed by atoms with Crippen LogP contribution >= 0.6 is 11.8 Å². The van der Waals surface area contributed by atoms with Crippen LogP contribution in [0, 0.1) is 5.92 Å². The highest BCUT2D eigenvalue weighted by molar-refractivity contribution is 8.00. The zero-order valence-corrected chi connectivity index (χ0v) is 13.7. The van der Waals surface area contributed by atoms with E-state index >= 15 is 0 Å². The lowest BCUT2D eigenvalue weighted by molar-refractivity contribution is -0.150. The zero-order chi connectivity index (χ0) is 14.3. The van der Waals surface area contributed by atoms with Gasteiger partial charge in [-0.1, -0.05) is 27.7 Å². The first-order valence-electron chi connectivity index (χ1n) is 6.78. The monoisotopic (exact) mass is 275 g/mol. The lowest BCUT2D eigenvalue weighted by Crippen LogP contribution is -2.50. The number of ether oxygens (including phenoxy) is 1. The highest BCUT2D eigenvalue weighted by Crippen LogP contribution is 2.29. The molecule has 0 saturated heterocycles. The fraction of sp³-hybridized carbons (Fsp3) is 0.929. The molecule has 0 radical (unpaired) electrons. The average molecular weight is 275 g/mol. The fourth-order valence-corrected chi connectivity index (χ4v) is 3.20. The quantitative estimate of drug-likeness (QED) is 0.691. The molecule has 18 heavy (non-hydrogen) atoms. The second-order valence-corrected chi connectivity index (χ2v) is 7.22. The summed E-state index contributed by atoms with van der Waals surface area (Å²) in [7, 11) is 1.82. The van der Waals surface area contributed by atoms with Crippen molar-refractivity contribution in [3.63, 3.8) is 0 Å². The van der Waals surface area contributed by atoms with Gasteiger partial charge in [0.25, 0.3) is 0 Å². The molecule has 0 aromatic carbocycles. The molecule has 0 aliphatic carbocycles. The number of hydrogen-bond acceptors (Lipinski definition) is 4. The molecule has 0 aromatic heterocycles. The summed E-state index contributed by atoms with van der Waals surface area (Å²) >= 11 is 1.94. The molecule has 3 unspecified atom stereocenters. The normalized spacial score (nSPS) is 18.2. The summed E-state index contributed by atoms with van der Waals surface area (Å²) in [5, 5.41) is 4.13. The first-order valence-corrected chi connectivity index (χ1v) is 7.72. The smallest absolute Gasteiger partial charge is 0.326 e. The van der Waals surface area contributed by atoms with Crippen LogP contribution in [0.2, 0.25) is 0 Å². The van der Waals surface area contributed by atoms with Crippen molar-refractivity contribution in [3.05, 3.63) is 0 Å². The van der Waals surface area contributed by atoms with Gasteiger partial charge in [-0.05, 0) is 33.2 Å². The Morgan fingerprint density at radius 1 is 1.33 bits per heavy atom. The van der Waals surface area contributed by atoms with Crippen molar-refractivity contribution < 1.29 is 9.53 Å². The molecule has 1 N–H and O–H groups in total. The molecule has 3 atom stereocenters. The maximum absolute atomic E-state index is 12.0. The third kappa shape index (κ3) is 5.61. The van der Waals surface area contributed by atoms with Gasteiger partial charge in [0.2, 0.25) is 0 Å². The second kappa shape index (κ2) is 8.05. The molecule has 0 fully saturated rings. The molecule has 0 amide bonds. The van der Waals surface area contributed by atoms with Crippen molar-refractivity contribution in [3.8, 4) is 0 Å². The van der Waals surface area contributed by atoms with E-state index in [-0.39, 0.29) is 5.97 Å². The highest BCUT2D eigenvalue weighted by atomic mass is 32.2. The molecule has 0 spiro atoms. The minimum Gasteiger partial charge on any atom is -0.465 e. The van der Waals surface area contributed by atoms with Gasteiger partial charge in [-0.25, -0.2) is 0 Å². The summed E-state index contributed by atoms with van der Waals surface area (Å²) in [5.41, 5.74) is -0.584. The van der Waals surface area contributed by atoms with Gasteiger partial charge in [0.1, 0.15) is 5.54 Å². The van der Waals surface area contributed by atoms with Crippen molar-refractivity contribution in [2.45, 2.75) is 64.0 Å². The van der Waals surface area contributed by atoms with Gasteiger partial charge in [-0.3, -0.25) is 4.79 Å². The van der Waals surface area contributed by atoms with Gasteiger partial charge in [0.05, 0.1) is 6.61 Å². The average Bonchev–Trinajstić information content (AvgIpc) is 2.28. The first-order chi connectivity index (χ1) is 8.26. The molecule has 0 bridgehead atoms. The zero-order valence-electron chi connectivity index (χ0n) is 12.9. The molecular formula is C14H29NO2S.